The molecule has 0 saturated heterocycles. The van der Waals surface area contributed by atoms with Crippen LogP contribution in [0.25, 0.3) is 0 Å². The molecule has 9 heavy (non-hydrogen) atoms. The number of hydrogen-bond donors (Lipinski definition) is 0. The van der Waals surface area contributed by atoms with Gasteiger partial charge in [-0.2, -0.15) is 0 Å². The van der Waals surface area contributed by atoms with Crippen LogP contribution in [0.3, 0.4) is 0 Å². The highest BCUT2D eigenvalue weighted by atomic mass is 13.6. The Labute approximate surface area is 56.0 Å². The Kier molecular flexibility index (Phi) is 5.29. The minimum Gasteiger partial charge on any atom is -0.106 e. The van der Waals surface area contributed by atoms with Crippen LogP contribution in [-0.4, -0.2) is 0 Å². The lowest BCUT2D eigenvalue weighted by molar-refractivity contribution is 1.76. The van der Waals surface area contributed by atoms with Gasteiger partial charge < -0.3 is 0 Å². The Balaban J connectivity index is 3.79. The van der Waals surface area contributed by atoms with Gasteiger partial charge in [0, 0.05) is 0 Å². The summed E-state index contributed by atoms with van der Waals surface area (Å²) in [6.07, 6.45) is 8.39. The fourth-order valence-electron chi connectivity index (χ4n) is 0.228. The van der Waals surface area contributed by atoms with E-state index >= 15 is 0 Å². The quantitative estimate of drug-likeness (QED) is 0.415. The van der Waals surface area contributed by atoms with Crippen molar-refractivity contribution in [2.45, 2.75) is 6.92 Å². The third-order valence-electron chi connectivity index (χ3n) is 0.519. The van der Waals surface area contributed by atoms with E-state index in [9.17, 15) is 0 Å². The molecule has 0 aliphatic heterocycles. The lowest BCUT2D eigenvalue weighted by Crippen LogP contribution is -1.49. The first-order valence-electron chi connectivity index (χ1n) is 2.49. The third kappa shape index (κ3) is 6.42. The van der Waals surface area contributed by atoms with E-state index in [1.54, 1.807) is 6.08 Å². The minimum atomic E-state index is 1.71. The molecule has 0 aromatic rings. The monoisotopic (exact) mass is 114 g/mol. The molecule has 0 spiro atoms. The summed E-state index contributed by atoms with van der Waals surface area (Å²) < 4.78 is 0. The SMILES string of the molecule is C#CC#CC#C/C=C/C. The molecule has 0 heteroatoms. The van der Waals surface area contributed by atoms with E-state index in [-0.39, 0.29) is 0 Å². The molecule has 0 aromatic heterocycles. The molecule has 0 rings (SSSR count). The van der Waals surface area contributed by atoms with E-state index in [1.807, 2.05) is 13.0 Å². The van der Waals surface area contributed by atoms with Gasteiger partial charge in [-0.3, -0.25) is 0 Å². The van der Waals surface area contributed by atoms with Crippen LogP contribution in [0.2, 0.25) is 0 Å². The Hall–Kier alpha value is -1.58. The molecule has 0 aliphatic carbocycles. The normalized spacial score (nSPS) is 6.22. The fourth-order valence-corrected chi connectivity index (χ4v) is 0.228. The molecule has 0 N–H and O–H groups in total. The van der Waals surface area contributed by atoms with E-state index in [2.05, 4.69) is 29.6 Å². The van der Waals surface area contributed by atoms with Crippen molar-refractivity contribution >= 4 is 0 Å². The molecule has 0 radical (unpaired) electrons. The molecular formula is C9H6. The van der Waals surface area contributed by atoms with Crippen molar-refractivity contribution in [1.82, 2.24) is 0 Å². The van der Waals surface area contributed by atoms with Crippen molar-refractivity contribution in [1.29, 1.82) is 0 Å². The van der Waals surface area contributed by atoms with Crippen LogP contribution < -0.4 is 0 Å². The summed E-state index contributed by atoms with van der Waals surface area (Å²) in [6, 6.07) is 0. The van der Waals surface area contributed by atoms with Crippen LogP contribution in [0.5, 0.6) is 0 Å². The molecule has 0 heterocycles. The predicted octanol–water partition coefficient (Wildman–Crippen LogP) is 1.20. The van der Waals surface area contributed by atoms with Gasteiger partial charge in [-0.25, -0.2) is 0 Å². The standard InChI is InChI=1S/C9H6/c1-3-5-7-9-8-6-4-2/h1,4,6H,2H3/b6-4+. The number of allylic oxidation sites excluding steroid dienone is 2. The van der Waals surface area contributed by atoms with Gasteiger partial charge in [0.05, 0.1) is 0 Å². The van der Waals surface area contributed by atoms with Gasteiger partial charge in [-0.1, -0.05) is 12.0 Å². The van der Waals surface area contributed by atoms with Crippen molar-refractivity contribution < 1.29 is 0 Å². The van der Waals surface area contributed by atoms with Crippen LogP contribution in [0.1, 0.15) is 6.92 Å². The zero-order chi connectivity index (χ0) is 6.95. The first kappa shape index (κ1) is 7.42. The van der Waals surface area contributed by atoms with Gasteiger partial charge >= 0.3 is 0 Å². The van der Waals surface area contributed by atoms with E-state index in [4.69, 9.17) is 6.42 Å². The second kappa shape index (κ2) is 6.42. The molecular weight excluding hydrogens is 108 g/mol. The second-order valence-electron chi connectivity index (χ2n) is 1.16. The predicted molar refractivity (Wildman–Crippen MR) is 39.2 cm³/mol. The molecule has 0 amide bonds. The van der Waals surface area contributed by atoms with Crippen molar-refractivity contribution in [3.8, 4) is 36.0 Å². The zero-order valence-corrected chi connectivity index (χ0v) is 5.23. The highest BCUT2D eigenvalue weighted by Crippen LogP contribution is 1.62. The van der Waals surface area contributed by atoms with Crippen molar-refractivity contribution in [3.63, 3.8) is 0 Å². The molecule has 0 bridgehead atoms. The van der Waals surface area contributed by atoms with Crippen molar-refractivity contribution in [2.75, 3.05) is 0 Å². The topological polar surface area (TPSA) is 0 Å². The molecule has 0 unspecified atom stereocenters. The van der Waals surface area contributed by atoms with Gasteiger partial charge in [0.1, 0.15) is 0 Å². The highest BCUT2D eigenvalue weighted by molar-refractivity contribution is 5.36. The minimum absolute atomic E-state index is 1.71. The number of terminal acetylenes is 1. The van der Waals surface area contributed by atoms with Crippen LogP contribution in [0.4, 0.5) is 0 Å². The molecule has 0 atom stereocenters. The molecule has 0 aliphatic rings. The Morgan fingerprint density at radius 1 is 1.22 bits per heavy atom. The van der Waals surface area contributed by atoms with Crippen LogP contribution in [0, 0.1) is 36.0 Å². The van der Waals surface area contributed by atoms with Crippen molar-refractivity contribution in [2.24, 2.45) is 0 Å². The Bertz CT molecular complexity index is 240. The molecule has 0 saturated carbocycles. The maximum Gasteiger partial charge on any atom is -0.000718 e. The van der Waals surface area contributed by atoms with Gasteiger partial charge in [-0.05, 0) is 36.7 Å². The maximum atomic E-state index is 4.83. The van der Waals surface area contributed by atoms with Gasteiger partial charge in [0.2, 0.25) is 0 Å². The van der Waals surface area contributed by atoms with E-state index in [0.717, 1.165) is 0 Å². The van der Waals surface area contributed by atoms with Gasteiger partial charge in [0.15, 0.2) is 0 Å². The average molecular weight is 114 g/mol. The maximum absolute atomic E-state index is 4.83. The fraction of sp³-hybridized carbons (Fsp3) is 0.111. The van der Waals surface area contributed by atoms with Crippen LogP contribution >= 0.6 is 0 Å². The first-order valence-corrected chi connectivity index (χ1v) is 2.49. The average Bonchev–Trinajstić information content (AvgIpc) is 1.89. The lowest BCUT2D eigenvalue weighted by atomic mass is 10.5. The third-order valence-corrected chi connectivity index (χ3v) is 0.519. The Morgan fingerprint density at radius 2 is 2.00 bits per heavy atom. The van der Waals surface area contributed by atoms with Crippen LogP contribution in [-0.2, 0) is 0 Å². The molecule has 0 nitrogen and oxygen atoms in total. The summed E-state index contributed by atoms with van der Waals surface area (Å²) in [5.74, 6) is 12.2. The Morgan fingerprint density at radius 3 is 2.56 bits per heavy atom. The van der Waals surface area contributed by atoms with E-state index < -0.39 is 0 Å². The number of hydrogen-bond acceptors (Lipinski definition) is 0. The summed E-state index contributed by atoms with van der Waals surface area (Å²) in [5, 5.41) is 0. The van der Waals surface area contributed by atoms with Gasteiger partial charge in [-0.15, -0.1) is 6.42 Å². The summed E-state index contributed by atoms with van der Waals surface area (Å²) in [4.78, 5) is 0. The van der Waals surface area contributed by atoms with E-state index in [1.165, 1.54) is 0 Å². The summed E-state index contributed by atoms with van der Waals surface area (Å²) in [6.45, 7) is 1.89. The number of rotatable bonds is 0. The zero-order valence-electron chi connectivity index (χ0n) is 5.23. The largest absolute Gasteiger partial charge is 0.106 e. The smallest absolute Gasteiger partial charge is 0.000718 e. The van der Waals surface area contributed by atoms with Crippen LogP contribution in [0.15, 0.2) is 12.2 Å². The highest BCUT2D eigenvalue weighted by Gasteiger charge is 1.52. The first-order chi connectivity index (χ1) is 4.41. The van der Waals surface area contributed by atoms with Crippen molar-refractivity contribution in [3.05, 3.63) is 12.2 Å². The van der Waals surface area contributed by atoms with Gasteiger partial charge in [0.25, 0.3) is 0 Å². The summed E-state index contributed by atoms with van der Waals surface area (Å²) >= 11 is 0. The summed E-state index contributed by atoms with van der Waals surface area (Å²) in [7, 11) is 0. The lowest BCUT2D eigenvalue weighted by Gasteiger charge is -1.57. The van der Waals surface area contributed by atoms with E-state index in [0.29, 0.717) is 0 Å². The second-order valence-corrected chi connectivity index (χ2v) is 1.16. The molecule has 0 fully saturated rings. The molecule has 0 aromatic carbocycles. The molecule has 42 valence electrons. The summed E-state index contributed by atoms with van der Waals surface area (Å²) in [5.41, 5.74) is 0.